The lowest BCUT2D eigenvalue weighted by molar-refractivity contribution is -0.384. The molecule has 0 aromatic heterocycles. The summed E-state index contributed by atoms with van der Waals surface area (Å²) in [5.74, 6) is -1.23. The maximum absolute atomic E-state index is 12.6. The summed E-state index contributed by atoms with van der Waals surface area (Å²) in [7, 11) is 0. The number of likely N-dealkylation sites (tertiary alicyclic amines) is 1. The van der Waals surface area contributed by atoms with Crippen LogP contribution < -0.4 is 10.6 Å². The average molecular weight is 471 g/mol. The van der Waals surface area contributed by atoms with E-state index in [4.69, 9.17) is 11.6 Å². The lowest BCUT2D eigenvalue weighted by Crippen LogP contribution is -2.35. The van der Waals surface area contributed by atoms with Crippen LogP contribution in [-0.4, -0.2) is 40.6 Å². The highest BCUT2D eigenvalue weighted by Crippen LogP contribution is 2.38. The van der Waals surface area contributed by atoms with Gasteiger partial charge in [0.1, 0.15) is 5.69 Å². The first-order valence-corrected chi connectivity index (χ1v) is 11.2. The number of hydrogen-bond acceptors (Lipinski definition) is 6. The topological polar surface area (TPSA) is 122 Å². The van der Waals surface area contributed by atoms with Crippen molar-refractivity contribution in [3.63, 3.8) is 0 Å². The molecule has 0 spiro atoms. The highest BCUT2D eigenvalue weighted by molar-refractivity contribution is 6.30. The van der Waals surface area contributed by atoms with Gasteiger partial charge in [-0.15, -0.1) is 0 Å². The molecular formula is C23H23ClN4O5. The van der Waals surface area contributed by atoms with Crippen molar-refractivity contribution in [1.82, 2.24) is 4.90 Å². The number of imide groups is 1. The Labute approximate surface area is 195 Å². The van der Waals surface area contributed by atoms with Crippen molar-refractivity contribution >= 4 is 46.4 Å². The number of hydrogen-bond donors (Lipinski definition) is 2. The van der Waals surface area contributed by atoms with E-state index in [9.17, 15) is 24.5 Å². The molecule has 1 aliphatic heterocycles. The van der Waals surface area contributed by atoms with Gasteiger partial charge in [-0.1, -0.05) is 24.4 Å². The SMILES string of the molecule is O=C(Nc1ccc(Cl)cc1)c1ccc(NCCN2C(=O)C3CCCCC3C2=O)c([N+](=O)[O-])c1. The summed E-state index contributed by atoms with van der Waals surface area (Å²) in [6.07, 6.45) is 3.39. The number of anilines is 2. The number of carbonyl (C=O) groups is 3. The molecule has 172 valence electrons. The second-order valence-electron chi connectivity index (χ2n) is 8.20. The fraction of sp³-hybridized carbons (Fsp3) is 0.348. The Morgan fingerprint density at radius 2 is 1.70 bits per heavy atom. The molecule has 0 radical (unpaired) electrons. The average Bonchev–Trinajstić information content (AvgIpc) is 3.05. The van der Waals surface area contributed by atoms with E-state index >= 15 is 0 Å². The van der Waals surface area contributed by atoms with E-state index in [-0.39, 0.29) is 53.7 Å². The van der Waals surface area contributed by atoms with E-state index < -0.39 is 10.8 Å². The van der Waals surface area contributed by atoms with Gasteiger partial charge in [0.05, 0.1) is 16.8 Å². The van der Waals surface area contributed by atoms with Crippen LogP contribution in [0.25, 0.3) is 0 Å². The molecule has 2 atom stereocenters. The fourth-order valence-electron chi connectivity index (χ4n) is 4.46. The van der Waals surface area contributed by atoms with Crippen molar-refractivity contribution in [2.75, 3.05) is 23.7 Å². The normalized spacial score (nSPS) is 19.8. The summed E-state index contributed by atoms with van der Waals surface area (Å²) in [6.45, 7) is 0.314. The summed E-state index contributed by atoms with van der Waals surface area (Å²) >= 11 is 5.83. The van der Waals surface area contributed by atoms with Gasteiger partial charge in [0, 0.05) is 35.4 Å². The number of nitrogens with zero attached hydrogens (tertiary/aromatic N) is 2. The van der Waals surface area contributed by atoms with E-state index in [0.717, 1.165) is 25.7 Å². The van der Waals surface area contributed by atoms with Crippen molar-refractivity contribution in [3.8, 4) is 0 Å². The van der Waals surface area contributed by atoms with Crippen LogP contribution in [0.3, 0.4) is 0 Å². The Kier molecular flexibility index (Phi) is 6.60. The monoisotopic (exact) mass is 470 g/mol. The fourth-order valence-corrected chi connectivity index (χ4v) is 4.59. The molecule has 1 heterocycles. The molecule has 3 amide bonds. The number of carbonyl (C=O) groups excluding carboxylic acids is 3. The number of nitro benzene ring substituents is 1. The van der Waals surface area contributed by atoms with Crippen LogP contribution in [0.15, 0.2) is 42.5 Å². The van der Waals surface area contributed by atoms with Crippen LogP contribution in [-0.2, 0) is 9.59 Å². The molecule has 2 aromatic carbocycles. The Balaban J connectivity index is 1.41. The van der Waals surface area contributed by atoms with Gasteiger partial charge >= 0.3 is 0 Å². The molecule has 1 saturated heterocycles. The van der Waals surface area contributed by atoms with Crippen LogP contribution in [0.5, 0.6) is 0 Å². The predicted molar refractivity (Wildman–Crippen MR) is 123 cm³/mol. The van der Waals surface area contributed by atoms with E-state index in [0.29, 0.717) is 10.7 Å². The Hall–Kier alpha value is -3.46. The molecule has 10 heteroatoms. The molecule has 1 aliphatic carbocycles. The smallest absolute Gasteiger partial charge is 0.293 e. The highest BCUT2D eigenvalue weighted by Gasteiger charge is 2.47. The second-order valence-corrected chi connectivity index (χ2v) is 8.64. The van der Waals surface area contributed by atoms with Crippen molar-refractivity contribution < 1.29 is 19.3 Å². The molecule has 4 rings (SSSR count). The third-order valence-corrected chi connectivity index (χ3v) is 6.39. The minimum absolute atomic E-state index is 0.121. The summed E-state index contributed by atoms with van der Waals surface area (Å²) in [4.78, 5) is 49.9. The zero-order chi connectivity index (χ0) is 23.5. The predicted octanol–water partition coefficient (Wildman–Crippen LogP) is 4.09. The Bertz CT molecular complexity index is 1080. The second kappa shape index (κ2) is 9.58. The first-order chi connectivity index (χ1) is 15.8. The van der Waals surface area contributed by atoms with E-state index in [2.05, 4.69) is 10.6 Å². The minimum Gasteiger partial charge on any atom is -0.378 e. The Morgan fingerprint density at radius 1 is 1.06 bits per heavy atom. The minimum atomic E-state index is -0.581. The van der Waals surface area contributed by atoms with E-state index in [1.807, 2.05) is 0 Å². The summed E-state index contributed by atoms with van der Waals surface area (Å²) in [5, 5.41) is 17.7. The molecule has 1 saturated carbocycles. The van der Waals surface area contributed by atoms with Crippen LogP contribution in [0.1, 0.15) is 36.0 Å². The third kappa shape index (κ3) is 4.83. The largest absolute Gasteiger partial charge is 0.378 e. The molecule has 0 bridgehead atoms. The van der Waals surface area contributed by atoms with Gasteiger partial charge in [0.2, 0.25) is 11.8 Å². The number of halogens is 1. The lowest BCUT2D eigenvalue weighted by Gasteiger charge is -2.19. The zero-order valence-electron chi connectivity index (χ0n) is 17.8. The first-order valence-electron chi connectivity index (χ1n) is 10.8. The van der Waals surface area contributed by atoms with Crippen LogP contribution in [0.2, 0.25) is 5.02 Å². The highest BCUT2D eigenvalue weighted by atomic mass is 35.5. The van der Waals surface area contributed by atoms with Crippen molar-refractivity contribution in [1.29, 1.82) is 0 Å². The van der Waals surface area contributed by atoms with Gasteiger partial charge in [0.15, 0.2) is 0 Å². The third-order valence-electron chi connectivity index (χ3n) is 6.14. The summed E-state index contributed by atoms with van der Waals surface area (Å²) in [5.41, 5.74) is 0.567. The standard InChI is InChI=1S/C23H23ClN4O5/c24-15-6-8-16(9-7-15)26-21(29)14-5-10-19(20(13-14)28(32)33)25-11-12-27-22(30)17-3-1-2-4-18(17)23(27)31/h5-10,13,17-18,25H,1-4,11-12H2,(H,26,29). The van der Waals surface area contributed by atoms with Crippen LogP contribution >= 0.6 is 11.6 Å². The maximum Gasteiger partial charge on any atom is 0.293 e. The van der Waals surface area contributed by atoms with Gasteiger partial charge < -0.3 is 10.6 Å². The maximum atomic E-state index is 12.6. The van der Waals surface area contributed by atoms with Crippen molar-refractivity contribution in [3.05, 3.63) is 63.2 Å². The van der Waals surface area contributed by atoms with Crippen molar-refractivity contribution in [2.45, 2.75) is 25.7 Å². The van der Waals surface area contributed by atoms with Crippen molar-refractivity contribution in [2.24, 2.45) is 11.8 Å². The number of fused-ring (bicyclic) bond motifs is 1. The quantitative estimate of drug-likeness (QED) is 0.357. The van der Waals surface area contributed by atoms with Gasteiger partial charge in [-0.25, -0.2) is 0 Å². The van der Waals surface area contributed by atoms with Gasteiger partial charge in [-0.3, -0.25) is 29.4 Å². The number of nitrogens with one attached hydrogen (secondary N) is 2. The molecule has 2 fully saturated rings. The molecule has 2 unspecified atom stereocenters. The molecule has 2 aromatic rings. The number of nitro groups is 1. The number of benzene rings is 2. The van der Waals surface area contributed by atoms with Gasteiger partial charge in [-0.05, 0) is 49.2 Å². The summed E-state index contributed by atoms with van der Waals surface area (Å²) < 4.78 is 0. The molecular weight excluding hydrogens is 448 g/mol. The zero-order valence-corrected chi connectivity index (χ0v) is 18.5. The Morgan fingerprint density at radius 3 is 2.30 bits per heavy atom. The molecule has 2 aliphatic rings. The number of amides is 3. The first kappa shape index (κ1) is 22.7. The molecule has 33 heavy (non-hydrogen) atoms. The van der Waals surface area contributed by atoms with Gasteiger partial charge in [0.25, 0.3) is 11.6 Å². The number of rotatable bonds is 7. The van der Waals surface area contributed by atoms with Crippen LogP contribution in [0.4, 0.5) is 17.1 Å². The van der Waals surface area contributed by atoms with Gasteiger partial charge in [-0.2, -0.15) is 0 Å². The van der Waals surface area contributed by atoms with Crippen LogP contribution in [0, 0.1) is 22.0 Å². The molecule has 9 nitrogen and oxygen atoms in total. The molecule has 2 N–H and O–H groups in total. The van der Waals surface area contributed by atoms with E-state index in [1.165, 1.54) is 23.1 Å². The lowest BCUT2D eigenvalue weighted by atomic mass is 9.81. The summed E-state index contributed by atoms with van der Waals surface area (Å²) in [6, 6.07) is 10.6. The van der Waals surface area contributed by atoms with E-state index in [1.54, 1.807) is 24.3 Å².